The van der Waals surface area contributed by atoms with Crippen LogP contribution in [0.3, 0.4) is 0 Å². The molecule has 0 N–H and O–H groups in total. The number of amides is 1. The quantitative estimate of drug-likeness (QED) is 0.429. The van der Waals surface area contributed by atoms with Gasteiger partial charge in [-0.25, -0.2) is 4.79 Å². The summed E-state index contributed by atoms with van der Waals surface area (Å²) in [6.07, 6.45) is 7.17. The predicted octanol–water partition coefficient (Wildman–Crippen LogP) is 2.13. The summed E-state index contributed by atoms with van der Waals surface area (Å²) in [5.41, 5.74) is 0. The standard InChI is InChI=1S/C12H18N2O3/c1-2-6-11(15)17-14(9-13)12(16)10-7-4-3-5-8-10/h10H,2-8H2,1H3. The predicted molar refractivity (Wildman–Crippen MR) is 60.0 cm³/mol. The molecule has 5 heteroatoms. The van der Waals surface area contributed by atoms with Crippen LogP contribution in [-0.2, 0) is 14.4 Å². The minimum atomic E-state index is -0.529. The van der Waals surface area contributed by atoms with Crippen LogP contribution in [0.15, 0.2) is 0 Å². The van der Waals surface area contributed by atoms with Gasteiger partial charge in [-0.2, -0.15) is 5.26 Å². The van der Waals surface area contributed by atoms with E-state index in [-0.39, 0.29) is 18.2 Å². The Morgan fingerprint density at radius 2 is 2.00 bits per heavy atom. The van der Waals surface area contributed by atoms with Crippen molar-refractivity contribution in [3.05, 3.63) is 0 Å². The van der Waals surface area contributed by atoms with Crippen molar-refractivity contribution in [1.29, 1.82) is 5.26 Å². The molecule has 1 amide bonds. The van der Waals surface area contributed by atoms with Crippen LogP contribution >= 0.6 is 0 Å². The molecule has 17 heavy (non-hydrogen) atoms. The maximum absolute atomic E-state index is 11.9. The highest BCUT2D eigenvalue weighted by Crippen LogP contribution is 2.25. The molecule has 0 aromatic carbocycles. The summed E-state index contributed by atoms with van der Waals surface area (Å²) in [6, 6.07) is 0. The van der Waals surface area contributed by atoms with Gasteiger partial charge in [-0.3, -0.25) is 4.79 Å². The van der Waals surface area contributed by atoms with Gasteiger partial charge in [-0.1, -0.05) is 31.2 Å². The fourth-order valence-corrected chi connectivity index (χ4v) is 1.98. The van der Waals surface area contributed by atoms with Gasteiger partial charge in [0, 0.05) is 12.3 Å². The lowest BCUT2D eigenvalue weighted by Crippen LogP contribution is -2.35. The first-order valence-corrected chi connectivity index (χ1v) is 6.13. The Hall–Kier alpha value is -1.57. The lowest BCUT2D eigenvalue weighted by molar-refractivity contribution is -0.188. The van der Waals surface area contributed by atoms with Gasteiger partial charge in [0.05, 0.1) is 0 Å². The Balaban J connectivity index is 2.51. The van der Waals surface area contributed by atoms with Crippen LogP contribution in [0.2, 0.25) is 0 Å². The largest absolute Gasteiger partial charge is 0.334 e. The Kier molecular flexibility index (Phi) is 5.47. The highest BCUT2D eigenvalue weighted by molar-refractivity contribution is 5.81. The summed E-state index contributed by atoms with van der Waals surface area (Å²) < 4.78 is 0. The van der Waals surface area contributed by atoms with E-state index in [2.05, 4.69) is 0 Å². The molecule has 5 nitrogen and oxygen atoms in total. The van der Waals surface area contributed by atoms with Crippen molar-refractivity contribution < 1.29 is 14.4 Å². The first-order chi connectivity index (χ1) is 8.19. The molecule has 0 heterocycles. The Bertz CT molecular complexity index is 316. The second-order valence-corrected chi connectivity index (χ2v) is 4.28. The maximum Gasteiger partial charge on any atom is 0.334 e. The number of hydrogen-bond acceptors (Lipinski definition) is 4. The van der Waals surface area contributed by atoms with Gasteiger partial charge in [0.15, 0.2) is 0 Å². The molecular formula is C12H18N2O3. The average molecular weight is 238 g/mol. The van der Waals surface area contributed by atoms with Crippen LogP contribution in [0, 0.1) is 17.4 Å². The third-order valence-electron chi connectivity index (χ3n) is 2.89. The fourth-order valence-electron chi connectivity index (χ4n) is 1.98. The molecule has 0 unspecified atom stereocenters. The van der Waals surface area contributed by atoms with Crippen molar-refractivity contribution in [3.63, 3.8) is 0 Å². The van der Waals surface area contributed by atoms with E-state index in [9.17, 15) is 9.59 Å². The minimum absolute atomic E-state index is 0.169. The van der Waals surface area contributed by atoms with Crippen molar-refractivity contribution in [1.82, 2.24) is 5.06 Å². The maximum atomic E-state index is 11.9. The summed E-state index contributed by atoms with van der Waals surface area (Å²) >= 11 is 0. The number of carbonyl (C=O) groups is 2. The summed E-state index contributed by atoms with van der Waals surface area (Å²) in [7, 11) is 0. The molecule has 0 atom stereocenters. The monoisotopic (exact) mass is 238 g/mol. The van der Waals surface area contributed by atoms with Crippen LogP contribution in [0.4, 0.5) is 0 Å². The number of rotatable bonds is 3. The molecule has 1 fully saturated rings. The normalized spacial score (nSPS) is 16.0. The SMILES string of the molecule is CCCC(=O)ON(C#N)C(=O)C1CCCCC1. The second-order valence-electron chi connectivity index (χ2n) is 4.28. The molecule has 0 aliphatic heterocycles. The van der Waals surface area contributed by atoms with Gasteiger partial charge in [0.2, 0.25) is 6.19 Å². The van der Waals surface area contributed by atoms with Gasteiger partial charge < -0.3 is 4.84 Å². The number of nitriles is 1. The van der Waals surface area contributed by atoms with Crippen molar-refractivity contribution in [2.75, 3.05) is 0 Å². The molecule has 1 rings (SSSR count). The molecule has 0 aromatic rings. The van der Waals surface area contributed by atoms with Crippen molar-refractivity contribution in [2.45, 2.75) is 51.9 Å². The molecule has 0 spiro atoms. The van der Waals surface area contributed by atoms with Crippen molar-refractivity contribution in [2.24, 2.45) is 5.92 Å². The van der Waals surface area contributed by atoms with Crippen LogP contribution in [0.1, 0.15) is 51.9 Å². The molecule has 0 aromatic heterocycles. The molecule has 1 aliphatic rings. The van der Waals surface area contributed by atoms with E-state index in [4.69, 9.17) is 10.1 Å². The van der Waals surface area contributed by atoms with Gasteiger partial charge >= 0.3 is 5.97 Å². The number of hydroxylamine groups is 2. The van der Waals surface area contributed by atoms with Crippen molar-refractivity contribution in [3.8, 4) is 6.19 Å². The number of nitrogens with zero attached hydrogens (tertiary/aromatic N) is 2. The highest BCUT2D eigenvalue weighted by atomic mass is 16.7. The molecule has 94 valence electrons. The van der Waals surface area contributed by atoms with Gasteiger partial charge in [0.25, 0.3) is 5.91 Å². The zero-order chi connectivity index (χ0) is 12.7. The van der Waals surface area contributed by atoms with Crippen LogP contribution < -0.4 is 0 Å². The second kappa shape index (κ2) is 6.89. The molecule has 1 aliphatic carbocycles. The van der Waals surface area contributed by atoms with Crippen LogP contribution in [0.5, 0.6) is 0 Å². The summed E-state index contributed by atoms with van der Waals surface area (Å²) in [6.45, 7) is 1.83. The number of carbonyl (C=O) groups excluding carboxylic acids is 2. The molecule has 0 saturated heterocycles. The average Bonchev–Trinajstić information content (AvgIpc) is 2.36. The van der Waals surface area contributed by atoms with E-state index >= 15 is 0 Å². The van der Waals surface area contributed by atoms with E-state index < -0.39 is 5.97 Å². The van der Waals surface area contributed by atoms with Gasteiger partial charge in [-0.15, -0.1) is 0 Å². The van der Waals surface area contributed by atoms with Crippen LogP contribution in [-0.4, -0.2) is 16.9 Å². The third kappa shape index (κ3) is 4.06. The lowest BCUT2D eigenvalue weighted by atomic mass is 9.89. The minimum Gasteiger partial charge on any atom is -0.323 e. The Morgan fingerprint density at radius 3 is 2.53 bits per heavy atom. The lowest BCUT2D eigenvalue weighted by Gasteiger charge is -2.23. The van der Waals surface area contributed by atoms with E-state index in [1.807, 2.05) is 6.92 Å². The molecule has 0 bridgehead atoms. The zero-order valence-electron chi connectivity index (χ0n) is 10.1. The summed E-state index contributed by atoms with van der Waals surface area (Å²) in [4.78, 5) is 27.9. The molecule has 0 radical (unpaired) electrons. The van der Waals surface area contributed by atoms with Crippen molar-refractivity contribution >= 4 is 11.9 Å². The summed E-state index contributed by atoms with van der Waals surface area (Å²) in [5.74, 6) is -1.08. The first kappa shape index (κ1) is 13.5. The highest BCUT2D eigenvalue weighted by Gasteiger charge is 2.28. The van der Waals surface area contributed by atoms with E-state index in [0.29, 0.717) is 11.5 Å². The van der Waals surface area contributed by atoms with E-state index in [1.165, 1.54) is 0 Å². The third-order valence-corrected chi connectivity index (χ3v) is 2.89. The smallest absolute Gasteiger partial charge is 0.323 e. The Morgan fingerprint density at radius 1 is 1.35 bits per heavy atom. The zero-order valence-corrected chi connectivity index (χ0v) is 10.1. The molecule has 1 saturated carbocycles. The van der Waals surface area contributed by atoms with E-state index in [1.54, 1.807) is 6.19 Å². The number of hydrogen-bond donors (Lipinski definition) is 0. The van der Waals surface area contributed by atoms with E-state index in [0.717, 1.165) is 32.1 Å². The fraction of sp³-hybridized carbons (Fsp3) is 0.750. The van der Waals surface area contributed by atoms with Gasteiger partial charge in [0.1, 0.15) is 0 Å². The summed E-state index contributed by atoms with van der Waals surface area (Å²) in [5, 5.41) is 9.37. The van der Waals surface area contributed by atoms with Gasteiger partial charge in [-0.05, 0) is 19.3 Å². The Labute approximate surface area is 101 Å². The molecular weight excluding hydrogens is 220 g/mol. The van der Waals surface area contributed by atoms with Crippen LogP contribution in [0.25, 0.3) is 0 Å². The first-order valence-electron chi connectivity index (χ1n) is 6.13. The topological polar surface area (TPSA) is 70.4 Å².